The number of benzene rings is 1. The molecule has 10 heteroatoms. The molecule has 3 rings (SSSR count). The third kappa shape index (κ3) is 3.26. The number of hydrogen-bond acceptors (Lipinski definition) is 8. The van der Waals surface area contributed by atoms with E-state index in [2.05, 4.69) is 20.7 Å². The second kappa shape index (κ2) is 5.65. The van der Waals surface area contributed by atoms with Crippen molar-refractivity contribution in [3.63, 3.8) is 0 Å². The van der Waals surface area contributed by atoms with Crippen molar-refractivity contribution in [3.8, 4) is 11.7 Å². The molecular weight excluding hydrogens is 324 g/mol. The maximum absolute atomic E-state index is 12.1. The van der Waals surface area contributed by atoms with E-state index in [9.17, 15) is 13.2 Å². The second-order valence-electron chi connectivity index (χ2n) is 4.54. The van der Waals surface area contributed by atoms with Gasteiger partial charge in [-0.2, -0.15) is 0 Å². The van der Waals surface area contributed by atoms with Gasteiger partial charge < -0.3 is 8.94 Å². The van der Waals surface area contributed by atoms with Crippen LogP contribution in [0.15, 0.2) is 50.4 Å². The fourth-order valence-corrected chi connectivity index (χ4v) is 2.40. The number of amides is 1. The maximum atomic E-state index is 12.1. The molecule has 0 aliphatic rings. The Balaban J connectivity index is 1.80. The predicted molar refractivity (Wildman–Crippen MR) is 77.3 cm³/mol. The third-order valence-electron chi connectivity index (χ3n) is 2.82. The van der Waals surface area contributed by atoms with Gasteiger partial charge in [-0.25, -0.2) is 8.42 Å². The zero-order valence-electron chi connectivity index (χ0n) is 11.8. The normalized spacial score (nSPS) is 11.3. The van der Waals surface area contributed by atoms with E-state index < -0.39 is 15.7 Å². The van der Waals surface area contributed by atoms with E-state index in [1.54, 1.807) is 0 Å². The van der Waals surface area contributed by atoms with Gasteiger partial charge in [0.25, 0.3) is 11.8 Å². The summed E-state index contributed by atoms with van der Waals surface area (Å²) in [5.74, 6) is -0.261. The number of nitrogens with zero attached hydrogens (tertiary/aromatic N) is 3. The molecule has 0 spiro atoms. The van der Waals surface area contributed by atoms with E-state index in [1.165, 1.54) is 36.5 Å². The van der Waals surface area contributed by atoms with Crippen LogP contribution in [0.1, 0.15) is 10.4 Å². The zero-order valence-corrected chi connectivity index (χ0v) is 12.6. The summed E-state index contributed by atoms with van der Waals surface area (Å²) in [6.45, 7) is 0. The van der Waals surface area contributed by atoms with Gasteiger partial charge in [0.2, 0.25) is 5.76 Å². The topological polar surface area (TPSA) is 128 Å². The first-order valence-corrected chi connectivity index (χ1v) is 8.18. The highest BCUT2D eigenvalue weighted by Crippen LogP contribution is 2.19. The number of sulfone groups is 1. The quantitative estimate of drug-likeness (QED) is 0.757. The minimum Gasteiger partial charge on any atom is -0.400 e. The largest absolute Gasteiger partial charge is 0.400 e. The van der Waals surface area contributed by atoms with Crippen molar-refractivity contribution in [2.24, 2.45) is 0 Å². The highest BCUT2D eigenvalue weighted by atomic mass is 32.2. The number of carbonyl (C=O) groups excluding carboxylic acids is 1. The average molecular weight is 334 g/mol. The van der Waals surface area contributed by atoms with Gasteiger partial charge in [-0.15, -0.1) is 5.10 Å². The molecule has 0 aliphatic heterocycles. The van der Waals surface area contributed by atoms with Crippen LogP contribution in [0, 0.1) is 0 Å². The Morgan fingerprint density at radius 1 is 1.22 bits per heavy atom. The number of nitrogens with one attached hydrogen (secondary N) is 1. The predicted octanol–water partition coefficient (Wildman–Crippen LogP) is 1.38. The Hall–Kier alpha value is -3.01. The molecule has 2 aromatic heterocycles. The smallest absolute Gasteiger partial charge is 0.322 e. The Labute approximate surface area is 130 Å². The van der Waals surface area contributed by atoms with Crippen LogP contribution in [0.2, 0.25) is 0 Å². The van der Waals surface area contributed by atoms with Crippen molar-refractivity contribution in [1.29, 1.82) is 0 Å². The van der Waals surface area contributed by atoms with Crippen LogP contribution >= 0.6 is 0 Å². The first-order chi connectivity index (χ1) is 10.9. The van der Waals surface area contributed by atoms with Crippen molar-refractivity contribution < 1.29 is 22.2 Å². The van der Waals surface area contributed by atoms with Crippen molar-refractivity contribution in [3.05, 3.63) is 42.1 Å². The van der Waals surface area contributed by atoms with Gasteiger partial charge in [0.15, 0.2) is 9.84 Å². The lowest BCUT2D eigenvalue weighted by molar-refractivity contribution is 0.102. The van der Waals surface area contributed by atoms with Crippen LogP contribution in [-0.2, 0) is 9.84 Å². The number of anilines is 1. The summed E-state index contributed by atoms with van der Waals surface area (Å²) in [5.41, 5.74) is 0.146. The van der Waals surface area contributed by atoms with E-state index in [-0.39, 0.29) is 28.1 Å². The lowest BCUT2D eigenvalue weighted by Gasteiger charge is -2.03. The summed E-state index contributed by atoms with van der Waals surface area (Å²) >= 11 is 0. The van der Waals surface area contributed by atoms with Crippen molar-refractivity contribution in [1.82, 2.24) is 15.4 Å². The molecule has 1 aromatic carbocycles. The minimum absolute atomic E-state index is 0.0398. The zero-order chi connectivity index (χ0) is 16.4. The molecule has 0 saturated heterocycles. The number of aromatic nitrogens is 3. The van der Waals surface area contributed by atoms with Gasteiger partial charge in [0.1, 0.15) is 0 Å². The van der Waals surface area contributed by atoms with Gasteiger partial charge in [-0.05, 0) is 18.2 Å². The van der Waals surface area contributed by atoms with Gasteiger partial charge >= 0.3 is 6.01 Å². The first-order valence-electron chi connectivity index (χ1n) is 6.29. The van der Waals surface area contributed by atoms with Crippen molar-refractivity contribution >= 4 is 21.8 Å². The van der Waals surface area contributed by atoms with Crippen LogP contribution in [0.4, 0.5) is 6.01 Å². The fraction of sp³-hybridized carbons (Fsp3) is 0.0769. The van der Waals surface area contributed by atoms with Crippen LogP contribution in [-0.4, -0.2) is 35.9 Å². The van der Waals surface area contributed by atoms with E-state index in [0.717, 1.165) is 6.26 Å². The molecule has 0 aliphatic carbocycles. The van der Waals surface area contributed by atoms with Crippen molar-refractivity contribution in [2.45, 2.75) is 4.90 Å². The lowest BCUT2D eigenvalue weighted by atomic mass is 10.2. The Bertz CT molecular complexity index is 946. The summed E-state index contributed by atoms with van der Waals surface area (Å²) in [4.78, 5) is 12.2. The Morgan fingerprint density at radius 3 is 2.74 bits per heavy atom. The molecule has 0 unspecified atom stereocenters. The molecule has 9 nitrogen and oxygen atoms in total. The standard InChI is InChI=1S/C13H10N4O5S/c1-23(19,20)9-4-2-3-8(7-9)11(18)15-13-17-16-12(21-13)10-5-6-14-22-10/h2-7H,1H3,(H,15,17,18). The lowest BCUT2D eigenvalue weighted by Crippen LogP contribution is -2.13. The van der Waals surface area contributed by atoms with Crippen LogP contribution < -0.4 is 5.32 Å². The number of carbonyl (C=O) groups is 1. The summed E-state index contributed by atoms with van der Waals surface area (Å²) in [5, 5.41) is 13.2. The maximum Gasteiger partial charge on any atom is 0.322 e. The molecule has 1 N–H and O–H groups in total. The molecule has 23 heavy (non-hydrogen) atoms. The van der Waals surface area contributed by atoms with Gasteiger partial charge in [-0.1, -0.05) is 16.3 Å². The Morgan fingerprint density at radius 2 is 2.04 bits per heavy atom. The molecular formula is C13H10N4O5S. The summed E-state index contributed by atoms with van der Waals surface area (Å²) in [6.07, 6.45) is 2.47. The summed E-state index contributed by atoms with van der Waals surface area (Å²) < 4.78 is 33.1. The second-order valence-corrected chi connectivity index (χ2v) is 6.56. The van der Waals surface area contributed by atoms with E-state index in [4.69, 9.17) is 8.94 Å². The summed E-state index contributed by atoms with van der Waals surface area (Å²) in [7, 11) is -3.41. The monoisotopic (exact) mass is 334 g/mol. The van der Waals surface area contributed by atoms with E-state index >= 15 is 0 Å². The number of rotatable bonds is 4. The van der Waals surface area contributed by atoms with Crippen LogP contribution in [0.25, 0.3) is 11.7 Å². The first kappa shape index (κ1) is 14.9. The molecule has 0 atom stereocenters. The number of hydrogen-bond donors (Lipinski definition) is 1. The van der Waals surface area contributed by atoms with Gasteiger partial charge in [0.05, 0.1) is 11.1 Å². The van der Waals surface area contributed by atoms with Crippen molar-refractivity contribution in [2.75, 3.05) is 11.6 Å². The SMILES string of the molecule is CS(=O)(=O)c1cccc(C(=O)Nc2nnc(-c3ccno3)o2)c1. The molecule has 0 saturated carbocycles. The third-order valence-corrected chi connectivity index (χ3v) is 3.93. The van der Waals surface area contributed by atoms with Gasteiger partial charge in [0, 0.05) is 17.9 Å². The highest BCUT2D eigenvalue weighted by molar-refractivity contribution is 7.90. The molecule has 2 heterocycles. The average Bonchev–Trinajstić information content (AvgIpc) is 3.17. The highest BCUT2D eigenvalue weighted by Gasteiger charge is 2.16. The molecule has 3 aromatic rings. The molecule has 0 radical (unpaired) electrons. The molecule has 1 amide bonds. The molecule has 0 bridgehead atoms. The summed E-state index contributed by atoms with van der Waals surface area (Å²) in [6, 6.07) is 6.98. The minimum atomic E-state index is -3.41. The van der Waals surface area contributed by atoms with E-state index in [0.29, 0.717) is 0 Å². The molecule has 0 fully saturated rings. The molecule has 118 valence electrons. The Kier molecular flexibility index (Phi) is 3.66. The van der Waals surface area contributed by atoms with Gasteiger partial charge in [-0.3, -0.25) is 10.1 Å². The van der Waals surface area contributed by atoms with Crippen LogP contribution in [0.3, 0.4) is 0 Å². The van der Waals surface area contributed by atoms with E-state index in [1.807, 2.05) is 0 Å². The fourth-order valence-electron chi connectivity index (χ4n) is 1.74. The van der Waals surface area contributed by atoms with Crippen LogP contribution in [0.5, 0.6) is 0 Å².